The van der Waals surface area contributed by atoms with Gasteiger partial charge in [-0.15, -0.1) is 11.8 Å². The third-order valence-electron chi connectivity index (χ3n) is 5.35. The van der Waals surface area contributed by atoms with Gasteiger partial charge in [-0.1, -0.05) is 41.9 Å². The number of fused-ring (bicyclic) bond motifs is 1. The van der Waals surface area contributed by atoms with Crippen LogP contribution in [-0.4, -0.2) is 33.9 Å². The maximum Gasteiger partial charge on any atom is 0.332 e. The second-order valence-electron chi connectivity index (χ2n) is 7.87. The van der Waals surface area contributed by atoms with Gasteiger partial charge in [0.15, 0.2) is 5.65 Å². The molecule has 9 heteroatoms. The minimum absolute atomic E-state index is 0.281. The smallest absolute Gasteiger partial charge is 0.332 e. The van der Waals surface area contributed by atoms with Gasteiger partial charge in [0.2, 0.25) is 0 Å². The molecule has 0 amide bonds. The number of aromatic amines is 1. The highest BCUT2D eigenvalue weighted by Gasteiger charge is 2.26. The minimum atomic E-state index is -0.420. The van der Waals surface area contributed by atoms with E-state index in [0.717, 1.165) is 10.5 Å². The zero-order valence-electron chi connectivity index (χ0n) is 18.7. The second-order valence-corrected chi connectivity index (χ2v) is 9.94. The highest BCUT2D eigenvalue weighted by atomic mass is 35.5. The molecule has 7 nitrogen and oxygen atoms in total. The lowest BCUT2D eigenvalue weighted by molar-refractivity contribution is 0.276. The van der Waals surface area contributed by atoms with E-state index in [-0.39, 0.29) is 11.4 Å². The monoisotopic (exact) mass is 485 g/mol. The fourth-order valence-electron chi connectivity index (χ4n) is 3.67. The zero-order valence-corrected chi connectivity index (χ0v) is 20.3. The number of aromatic nitrogens is 3. The van der Waals surface area contributed by atoms with Crippen molar-refractivity contribution in [3.63, 3.8) is 0 Å². The van der Waals surface area contributed by atoms with E-state index in [9.17, 15) is 9.90 Å². The molecule has 2 N–H and O–H groups in total. The molecule has 4 aromatic rings. The van der Waals surface area contributed by atoms with Crippen LogP contribution in [0.2, 0.25) is 5.02 Å². The first-order valence-electron chi connectivity index (χ1n) is 10.2. The molecule has 172 valence electrons. The van der Waals surface area contributed by atoms with Crippen molar-refractivity contribution in [2.75, 3.05) is 14.2 Å². The summed E-state index contributed by atoms with van der Waals surface area (Å²) >= 11 is 8.21. The van der Waals surface area contributed by atoms with Crippen LogP contribution in [0.15, 0.2) is 58.2 Å². The predicted octanol–water partition coefficient (Wildman–Crippen LogP) is 4.90. The molecule has 0 aliphatic heterocycles. The maximum absolute atomic E-state index is 13.0. The summed E-state index contributed by atoms with van der Waals surface area (Å²) in [5.41, 5.74) is 2.29. The third kappa shape index (κ3) is 4.34. The fourth-order valence-corrected chi connectivity index (χ4v) is 5.13. The Labute approximate surface area is 200 Å². The van der Waals surface area contributed by atoms with Crippen molar-refractivity contribution in [3.8, 4) is 17.2 Å². The van der Waals surface area contributed by atoms with Crippen molar-refractivity contribution in [2.24, 2.45) is 0 Å². The third-order valence-corrected chi connectivity index (χ3v) is 6.94. The predicted molar refractivity (Wildman–Crippen MR) is 131 cm³/mol. The number of nitrogens with one attached hydrogen (secondary N) is 1. The summed E-state index contributed by atoms with van der Waals surface area (Å²) in [5.74, 6) is 1.01. The summed E-state index contributed by atoms with van der Waals surface area (Å²) in [6.07, 6.45) is 0. The summed E-state index contributed by atoms with van der Waals surface area (Å²) in [7, 11) is 3.08. The highest BCUT2D eigenvalue weighted by Crippen LogP contribution is 2.46. The Kier molecular flexibility index (Phi) is 6.43. The number of halogens is 1. The average Bonchev–Trinajstić information content (AvgIpc) is 3.15. The van der Waals surface area contributed by atoms with Gasteiger partial charge in [0.05, 0.1) is 42.1 Å². The van der Waals surface area contributed by atoms with E-state index in [1.54, 1.807) is 31.0 Å². The number of ether oxygens (including phenoxy) is 2. The molecule has 0 saturated heterocycles. The molecular formula is C24H24ClN3O4S. The van der Waals surface area contributed by atoms with E-state index in [4.69, 9.17) is 21.1 Å². The Balaban J connectivity index is 1.91. The van der Waals surface area contributed by atoms with Crippen LogP contribution in [-0.2, 0) is 11.4 Å². The van der Waals surface area contributed by atoms with E-state index < -0.39 is 5.69 Å². The van der Waals surface area contributed by atoms with Gasteiger partial charge in [-0.2, -0.15) is 0 Å². The number of imidazole rings is 1. The van der Waals surface area contributed by atoms with Crippen LogP contribution in [0, 0.1) is 0 Å². The van der Waals surface area contributed by atoms with Crippen LogP contribution < -0.4 is 15.2 Å². The molecule has 0 radical (unpaired) electrons. The van der Waals surface area contributed by atoms with Crippen molar-refractivity contribution < 1.29 is 14.6 Å². The number of methoxy groups -OCH3 is 2. The number of thioether (sulfide) groups is 1. The molecule has 0 spiro atoms. The van der Waals surface area contributed by atoms with Gasteiger partial charge >= 0.3 is 5.69 Å². The molecule has 0 fully saturated rings. The standard InChI is InChI=1S/C24H24ClN3O4S/c1-24(2,14-8-6-5-7-9-14)33-20-12-17(16(25)11-18(20)31-3)28-22-21(27-23(28)30)19(32-4)10-15(13-29)26-22/h5-12,29H,13H2,1-4H3,(H,27,30). The summed E-state index contributed by atoms with van der Waals surface area (Å²) < 4.78 is 12.1. The van der Waals surface area contributed by atoms with Crippen LogP contribution in [0.4, 0.5) is 0 Å². The summed E-state index contributed by atoms with van der Waals surface area (Å²) in [6.45, 7) is 3.95. The largest absolute Gasteiger partial charge is 0.496 e. The van der Waals surface area contributed by atoms with Crippen LogP contribution in [0.3, 0.4) is 0 Å². The maximum atomic E-state index is 13.0. The molecule has 2 aromatic heterocycles. The first kappa shape index (κ1) is 23.2. The number of aliphatic hydroxyl groups excluding tert-OH is 1. The Hall–Kier alpha value is -2.94. The SMILES string of the molecule is COc1cc(Cl)c(-n2c(=O)[nH]c3c(OC)cc(CO)nc32)cc1SC(C)(C)c1ccccc1. The highest BCUT2D eigenvalue weighted by molar-refractivity contribution is 8.00. The molecule has 0 bridgehead atoms. The van der Waals surface area contributed by atoms with Gasteiger partial charge in [-0.3, -0.25) is 0 Å². The van der Waals surface area contributed by atoms with Crippen LogP contribution in [0.25, 0.3) is 16.9 Å². The summed E-state index contributed by atoms with van der Waals surface area (Å²) in [4.78, 5) is 21.0. The van der Waals surface area contributed by atoms with Gasteiger partial charge in [-0.25, -0.2) is 14.3 Å². The van der Waals surface area contributed by atoms with Gasteiger partial charge < -0.3 is 19.6 Å². The number of nitrogens with zero attached hydrogens (tertiary/aromatic N) is 2. The first-order chi connectivity index (χ1) is 15.8. The lowest BCUT2D eigenvalue weighted by Gasteiger charge is -2.26. The Morgan fingerprint density at radius 1 is 1.12 bits per heavy atom. The number of pyridine rings is 1. The van der Waals surface area contributed by atoms with Crippen LogP contribution >= 0.6 is 23.4 Å². The molecule has 2 aromatic carbocycles. The number of hydrogen-bond donors (Lipinski definition) is 2. The van der Waals surface area contributed by atoms with Crippen LogP contribution in [0.5, 0.6) is 11.5 Å². The van der Waals surface area contributed by atoms with Gasteiger partial charge in [0, 0.05) is 16.9 Å². The Morgan fingerprint density at radius 2 is 1.82 bits per heavy atom. The molecule has 0 saturated carbocycles. The molecule has 0 aliphatic rings. The van der Waals surface area contributed by atoms with E-state index in [1.165, 1.54) is 11.7 Å². The molecule has 0 unspecified atom stereocenters. The van der Waals surface area contributed by atoms with E-state index in [2.05, 4.69) is 35.9 Å². The molecule has 0 aliphatic carbocycles. The van der Waals surface area contributed by atoms with Gasteiger partial charge in [0.1, 0.15) is 17.0 Å². The molecular weight excluding hydrogens is 462 g/mol. The Morgan fingerprint density at radius 3 is 2.45 bits per heavy atom. The lowest BCUT2D eigenvalue weighted by atomic mass is 10.0. The van der Waals surface area contributed by atoms with Gasteiger partial charge in [0.25, 0.3) is 0 Å². The quantitative estimate of drug-likeness (QED) is 0.362. The average molecular weight is 486 g/mol. The van der Waals surface area contributed by atoms with Gasteiger partial charge in [-0.05, 0) is 25.5 Å². The number of aliphatic hydroxyl groups is 1. The second kappa shape index (κ2) is 9.13. The first-order valence-corrected chi connectivity index (χ1v) is 11.4. The minimum Gasteiger partial charge on any atom is -0.496 e. The number of benzene rings is 2. The lowest BCUT2D eigenvalue weighted by Crippen LogP contribution is -2.16. The summed E-state index contributed by atoms with van der Waals surface area (Å²) in [5, 5.41) is 9.95. The van der Waals surface area contributed by atoms with Crippen molar-refractivity contribution in [2.45, 2.75) is 30.1 Å². The molecule has 33 heavy (non-hydrogen) atoms. The van der Waals surface area contributed by atoms with E-state index in [1.807, 2.05) is 24.3 Å². The number of H-pyrrole nitrogens is 1. The fraction of sp³-hybridized carbons (Fsp3) is 0.250. The topological polar surface area (TPSA) is 89.4 Å². The molecule has 2 heterocycles. The van der Waals surface area contributed by atoms with E-state index >= 15 is 0 Å². The van der Waals surface area contributed by atoms with Crippen molar-refractivity contribution in [1.82, 2.24) is 14.5 Å². The molecule has 4 rings (SSSR count). The summed E-state index contributed by atoms with van der Waals surface area (Å²) in [6, 6.07) is 15.2. The zero-order chi connectivity index (χ0) is 23.8. The van der Waals surface area contributed by atoms with Crippen LogP contribution in [0.1, 0.15) is 25.1 Å². The van der Waals surface area contributed by atoms with Crippen molar-refractivity contribution >= 4 is 34.5 Å². The number of hydrogen-bond acceptors (Lipinski definition) is 6. The van der Waals surface area contributed by atoms with E-state index in [0.29, 0.717) is 39.1 Å². The number of rotatable bonds is 7. The Bertz CT molecular complexity index is 1370. The van der Waals surface area contributed by atoms with Crippen molar-refractivity contribution in [1.29, 1.82) is 0 Å². The van der Waals surface area contributed by atoms with Crippen molar-refractivity contribution in [3.05, 3.63) is 75.3 Å². The normalized spacial score (nSPS) is 11.7. The molecule has 0 atom stereocenters.